The van der Waals surface area contributed by atoms with Crippen LogP contribution in [0.15, 0.2) is 97.2 Å². The van der Waals surface area contributed by atoms with Crippen molar-refractivity contribution >= 4 is 11.8 Å². The molecule has 9 heteroatoms. The topological polar surface area (TPSA) is 142 Å². The number of carbonyl (C=O) groups excluding carboxylic acids is 1. The molecule has 4 aromatic rings. The Morgan fingerprint density at radius 3 is 1.82 bits per heavy atom. The number of nitrogens with two attached hydrogens (primary N) is 2. The summed E-state index contributed by atoms with van der Waals surface area (Å²) in [5.41, 5.74) is 16.5. The molecule has 1 aromatic heterocycles. The molecular weight excluding hydrogens is 570 g/mol. The number of rotatable bonds is 9. The van der Waals surface area contributed by atoms with Crippen molar-refractivity contribution in [3.8, 4) is 0 Å². The fraction of sp³-hybridized carbons (Fsp3) is 0.361. The van der Waals surface area contributed by atoms with Crippen LogP contribution in [0.5, 0.6) is 0 Å². The van der Waals surface area contributed by atoms with Gasteiger partial charge >= 0.3 is 6.09 Å². The summed E-state index contributed by atoms with van der Waals surface area (Å²) in [4.78, 5) is 12.5. The highest BCUT2D eigenvalue weighted by molar-refractivity contribution is 5.75. The van der Waals surface area contributed by atoms with Gasteiger partial charge in [-0.15, -0.1) is 0 Å². The summed E-state index contributed by atoms with van der Waals surface area (Å²) in [5.74, 6) is -1.35. The number of nitrogen functional groups attached to an aromatic ring is 1. The SMILES string of the molecule is CC(C)(O)O.CCOC(=O)n1cc([C@@H]2O[C@H](COC(c3ccccc3)(c3ccccc3)c3ccccc3)CC2C)c(N)c1CN. The number of carbonyl (C=O) groups is 1. The van der Waals surface area contributed by atoms with Gasteiger partial charge in [-0.1, -0.05) is 97.9 Å². The van der Waals surface area contributed by atoms with Crippen molar-refractivity contribution in [3.63, 3.8) is 0 Å². The maximum atomic E-state index is 12.5. The first kappa shape index (κ1) is 33.9. The number of hydrogen-bond donors (Lipinski definition) is 4. The van der Waals surface area contributed by atoms with Gasteiger partial charge in [-0.2, -0.15) is 0 Å². The molecule has 45 heavy (non-hydrogen) atoms. The normalized spacial score (nSPS) is 18.2. The van der Waals surface area contributed by atoms with Crippen molar-refractivity contribution in [2.45, 2.75) is 64.3 Å². The molecule has 9 nitrogen and oxygen atoms in total. The van der Waals surface area contributed by atoms with Crippen molar-refractivity contribution in [3.05, 3.63) is 125 Å². The summed E-state index contributed by atoms with van der Waals surface area (Å²) >= 11 is 0. The lowest BCUT2D eigenvalue weighted by Crippen LogP contribution is -2.35. The van der Waals surface area contributed by atoms with Gasteiger partial charge in [0.25, 0.3) is 0 Å². The highest BCUT2D eigenvalue weighted by Gasteiger charge is 2.41. The Morgan fingerprint density at radius 2 is 1.40 bits per heavy atom. The average molecular weight is 616 g/mol. The molecule has 240 valence electrons. The third kappa shape index (κ3) is 8.00. The number of aromatic nitrogens is 1. The summed E-state index contributed by atoms with van der Waals surface area (Å²) in [5, 5.41) is 16.2. The van der Waals surface area contributed by atoms with Crippen LogP contribution in [0.4, 0.5) is 10.5 Å². The van der Waals surface area contributed by atoms with Crippen molar-refractivity contribution in [2.24, 2.45) is 11.7 Å². The second-order valence-corrected chi connectivity index (χ2v) is 11.7. The van der Waals surface area contributed by atoms with Gasteiger partial charge < -0.3 is 35.9 Å². The van der Waals surface area contributed by atoms with Gasteiger partial charge in [0.05, 0.1) is 36.8 Å². The Balaban J connectivity index is 0.000000854. The number of ether oxygens (including phenoxy) is 3. The fourth-order valence-corrected chi connectivity index (χ4v) is 5.78. The highest BCUT2D eigenvalue weighted by Crippen LogP contribution is 2.44. The van der Waals surface area contributed by atoms with Crippen molar-refractivity contribution in [2.75, 3.05) is 18.9 Å². The summed E-state index contributed by atoms with van der Waals surface area (Å²) in [7, 11) is 0. The molecule has 0 spiro atoms. The molecule has 0 bridgehead atoms. The van der Waals surface area contributed by atoms with Crippen LogP contribution in [-0.4, -0.2) is 46.0 Å². The molecule has 0 amide bonds. The molecule has 0 radical (unpaired) electrons. The van der Waals surface area contributed by atoms with E-state index in [2.05, 4.69) is 43.3 Å². The van der Waals surface area contributed by atoms with E-state index < -0.39 is 17.5 Å². The van der Waals surface area contributed by atoms with Gasteiger partial charge in [0.1, 0.15) is 5.60 Å². The van der Waals surface area contributed by atoms with Gasteiger partial charge in [-0.05, 0) is 49.8 Å². The monoisotopic (exact) mass is 615 g/mol. The molecule has 2 heterocycles. The van der Waals surface area contributed by atoms with Crippen LogP contribution in [0.2, 0.25) is 0 Å². The fourth-order valence-electron chi connectivity index (χ4n) is 5.78. The van der Waals surface area contributed by atoms with E-state index in [1.54, 1.807) is 13.1 Å². The molecule has 3 atom stereocenters. The van der Waals surface area contributed by atoms with Crippen molar-refractivity contribution in [1.82, 2.24) is 4.57 Å². The average Bonchev–Trinajstić information content (AvgIpc) is 3.56. The van der Waals surface area contributed by atoms with Gasteiger partial charge in [0.15, 0.2) is 5.79 Å². The number of anilines is 1. The zero-order valence-corrected chi connectivity index (χ0v) is 26.4. The van der Waals surface area contributed by atoms with E-state index in [0.29, 0.717) is 18.0 Å². The van der Waals surface area contributed by atoms with Crippen LogP contribution in [0, 0.1) is 5.92 Å². The van der Waals surface area contributed by atoms with E-state index in [0.717, 1.165) is 28.7 Å². The summed E-state index contributed by atoms with van der Waals surface area (Å²) < 4.78 is 20.2. The minimum absolute atomic E-state index is 0.117. The Labute approximate surface area is 265 Å². The molecular formula is C36H45N3O6. The first-order chi connectivity index (χ1) is 21.5. The Morgan fingerprint density at radius 1 is 0.933 bits per heavy atom. The van der Waals surface area contributed by atoms with Crippen LogP contribution < -0.4 is 11.5 Å². The van der Waals surface area contributed by atoms with Gasteiger partial charge in [-0.3, -0.25) is 4.57 Å². The third-order valence-corrected chi connectivity index (χ3v) is 7.66. The quantitative estimate of drug-likeness (QED) is 0.138. The third-order valence-electron chi connectivity index (χ3n) is 7.66. The summed E-state index contributed by atoms with van der Waals surface area (Å²) in [6.07, 6.45) is 1.52. The van der Waals surface area contributed by atoms with Crippen LogP contribution in [0.1, 0.15) is 68.2 Å². The van der Waals surface area contributed by atoms with Gasteiger partial charge in [0.2, 0.25) is 0 Å². The molecule has 6 N–H and O–H groups in total. The Hall–Kier alpha value is -3.99. The van der Waals surface area contributed by atoms with E-state index in [1.807, 2.05) is 54.6 Å². The summed E-state index contributed by atoms with van der Waals surface area (Å²) in [6, 6.07) is 30.9. The van der Waals surface area contributed by atoms with E-state index in [9.17, 15) is 4.79 Å². The predicted molar refractivity (Wildman–Crippen MR) is 174 cm³/mol. The Kier molecular flexibility index (Phi) is 11.2. The number of nitrogens with zero attached hydrogens (tertiary/aromatic N) is 1. The summed E-state index contributed by atoms with van der Waals surface area (Å²) in [6.45, 7) is 7.24. The molecule has 3 aromatic carbocycles. The maximum Gasteiger partial charge on any atom is 0.418 e. The molecule has 0 saturated carbocycles. The Bertz CT molecular complexity index is 1400. The zero-order chi connectivity index (χ0) is 32.6. The van der Waals surface area contributed by atoms with Crippen molar-refractivity contribution in [1.29, 1.82) is 0 Å². The second-order valence-electron chi connectivity index (χ2n) is 11.7. The van der Waals surface area contributed by atoms with E-state index in [-0.39, 0.29) is 31.3 Å². The van der Waals surface area contributed by atoms with Crippen LogP contribution in [0.25, 0.3) is 0 Å². The molecule has 0 aliphatic carbocycles. The largest absolute Gasteiger partial charge is 0.449 e. The lowest BCUT2D eigenvalue weighted by Gasteiger charge is -2.36. The van der Waals surface area contributed by atoms with Gasteiger partial charge in [0, 0.05) is 18.3 Å². The minimum Gasteiger partial charge on any atom is -0.449 e. The number of hydrogen-bond acceptors (Lipinski definition) is 8. The smallest absolute Gasteiger partial charge is 0.418 e. The molecule has 5 rings (SSSR count). The maximum absolute atomic E-state index is 12.5. The zero-order valence-electron chi connectivity index (χ0n) is 26.4. The van der Waals surface area contributed by atoms with Crippen molar-refractivity contribution < 1.29 is 29.2 Å². The predicted octanol–water partition coefficient (Wildman–Crippen LogP) is 5.72. The van der Waals surface area contributed by atoms with Gasteiger partial charge in [-0.25, -0.2) is 4.79 Å². The van der Waals surface area contributed by atoms with Crippen LogP contribution >= 0.6 is 0 Å². The second kappa shape index (κ2) is 14.9. The molecule has 1 unspecified atom stereocenters. The number of benzene rings is 3. The molecule has 1 aliphatic rings. The van der Waals surface area contributed by atoms with E-state index in [4.69, 9.17) is 35.9 Å². The molecule has 1 aliphatic heterocycles. The highest BCUT2D eigenvalue weighted by atomic mass is 16.6. The first-order valence-electron chi connectivity index (χ1n) is 15.3. The van der Waals surface area contributed by atoms with Crippen LogP contribution in [-0.2, 0) is 26.4 Å². The van der Waals surface area contributed by atoms with E-state index >= 15 is 0 Å². The molecule has 1 saturated heterocycles. The van der Waals surface area contributed by atoms with Crippen LogP contribution in [0.3, 0.4) is 0 Å². The minimum atomic E-state index is -1.50. The first-order valence-corrected chi connectivity index (χ1v) is 15.3. The lowest BCUT2D eigenvalue weighted by molar-refractivity contribution is -0.127. The lowest BCUT2D eigenvalue weighted by atomic mass is 9.80. The standard InChI is InChI=1S/C33H37N3O4.C3H8O2/c1-3-38-32(37)36-21-28(30(35)29(36)20-34)31-23(2)19-27(40-31)22-39-33(24-13-7-4-8-14-24,25-15-9-5-10-16-25)26-17-11-6-12-18-26;1-3(2,4)5/h4-18,21,23,27,31H,3,19-20,22,34-35H2,1-2H3;4-5H,1-2H3/t23?,27-,31+;/m0./s1. The number of aliphatic hydroxyl groups is 2. The van der Waals surface area contributed by atoms with E-state index in [1.165, 1.54) is 18.4 Å². The molecule has 1 fully saturated rings.